The number of halogens is 1. The minimum absolute atomic E-state index is 0. The second-order valence-electron chi connectivity index (χ2n) is 6.48. The van der Waals surface area contributed by atoms with Gasteiger partial charge < -0.3 is 20.5 Å². The Morgan fingerprint density at radius 1 is 1.28 bits per heavy atom. The number of hydrogen-bond acceptors (Lipinski definition) is 3. The number of aliphatic hydroxyl groups is 1. The highest BCUT2D eigenvalue weighted by Gasteiger charge is 2.19. The number of ether oxygens (including phenoxy) is 1. The smallest absolute Gasteiger partial charge is 0.191 e. The van der Waals surface area contributed by atoms with Gasteiger partial charge in [0.25, 0.3) is 0 Å². The molecule has 5 nitrogen and oxygen atoms in total. The van der Waals surface area contributed by atoms with Crippen LogP contribution in [0.15, 0.2) is 23.2 Å². The highest BCUT2D eigenvalue weighted by Crippen LogP contribution is 2.20. The first-order valence-electron chi connectivity index (χ1n) is 8.98. The summed E-state index contributed by atoms with van der Waals surface area (Å²) in [6.45, 7) is 5.72. The number of aliphatic imine (C=N–C) groups is 1. The Bertz CT molecular complexity index is 543. The second-order valence-corrected chi connectivity index (χ2v) is 6.48. The van der Waals surface area contributed by atoms with Crippen molar-refractivity contribution in [2.24, 2.45) is 4.99 Å². The lowest BCUT2D eigenvalue weighted by molar-refractivity contribution is 0.120. The molecule has 0 saturated heterocycles. The average Bonchev–Trinajstić information content (AvgIpc) is 2.57. The molecule has 0 bridgehead atoms. The molecule has 1 fully saturated rings. The van der Waals surface area contributed by atoms with Crippen molar-refractivity contribution in [3.05, 3.63) is 29.3 Å². The zero-order chi connectivity index (χ0) is 17.4. The van der Waals surface area contributed by atoms with E-state index in [1.54, 1.807) is 7.11 Å². The van der Waals surface area contributed by atoms with Crippen molar-refractivity contribution < 1.29 is 9.84 Å². The van der Waals surface area contributed by atoms with Crippen molar-refractivity contribution in [2.45, 2.75) is 58.1 Å². The van der Waals surface area contributed by atoms with Crippen LogP contribution in [-0.2, 0) is 6.42 Å². The van der Waals surface area contributed by atoms with Crippen LogP contribution < -0.4 is 15.4 Å². The van der Waals surface area contributed by atoms with Gasteiger partial charge in [-0.25, -0.2) is 0 Å². The van der Waals surface area contributed by atoms with Crippen LogP contribution in [0.3, 0.4) is 0 Å². The van der Waals surface area contributed by atoms with E-state index in [-0.39, 0.29) is 30.1 Å². The molecule has 0 spiro atoms. The molecule has 142 valence electrons. The van der Waals surface area contributed by atoms with E-state index in [0.717, 1.165) is 50.4 Å². The van der Waals surface area contributed by atoms with E-state index >= 15 is 0 Å². The summed E-state index contributed by atoms with van der Waals surface area (Å²) in [7, 11) is 1.71. The fraction of sp³-hybridized carbons (Fsp3) is 0.632. The van der Waals surface area contributed by atoms with Gasteiger partial charge in [0.1, 0.15) is 5.75 Å². The van der Waals surface area contributed by atoms with Crippen molar-refractivity contribution >= 4 is 29.9 Å². The molecular weight excluding hydrogens is 429 g/mol. The fourth-order valence-electron chi connectivity index (χ4n) is 3.12. The minimum Gasteiger partial charge on any atom is -0.496 e. The lowest BCUT2D eigenvalue weighted by Crippen LogP contribution is -2.45. The van der Waals surface area contributed by atoms with Crippen molar-refractivity contribution in [2.75, 3.05) is 20.2 Å². The molecule has 1 aromatic rings. The van der Waals surface area contributed by atoms with Crippen LogP contribution in [0, 0.1) is 6.92 Å². The van der Waals surface area contributed by atoms with E-state index < -0.39 is 0 Å². The molecule has 0 aliphatic heterocycles. The summed E-state index contributed by atoms with van der Waals surface area (Å²) in [5.74, 6) is 1.79. The third kappa shape index (κ3) is 7.40. The zero-order valence-corrected chi connectivity index (χ0v) is 17.9. The standard InChI is InChI=1S/C19H31N3O2.HI/c1-4-20-19(22-16-6-8-17(23)9-7-16)21-12-11-15-13-14(2)5-10-18(15)24-3;/h5,10,13,16-17,23H,4,6-9,11-12H2,1-3H3,(H2,20,21,22);1H. The minimum atomic E-state index is -0.128. The monoisotopic (exact) mass is 461 g/mol. The predicted molar refractivity (Wildman–Crippen MR) is 114 cm³/mol. The van der Waals surface area contributed by atoms with Crippen molar-refractivity contribution in [1.29, 1.82) is 0 Å². The highest BCUT2D eigenvalue weighted by molar-refractivity contribution is 14.0. The number of methoxy groups -OCH3 is 1. The van der Waals surface area contributed by atoms with Gasteiger partial charge in [0.05, 0.1) is 13.2 Å². The van der Waals surface area contributed by atoms with Crippen molar-refractivity contribution in [1.82, 2.24) is 10.6 Å². The van der Waals surface area contributed by atoms with E-state index in [0.29, 0.717) is 12.6 Å². The lowest BCUT2D eigenvalue weighted by atomic mass is 9.93. The lowest BCUT2D eigenvalue weighted by Gasteiger charge is -2.27. The van der Waals surface area contributed by atoms with Gasteiger partial charge in [-0.15, -0.1) is 24.0 Å². The molecule has 0 unspecified atom stereocenters. The molecule has 1 saturated carbocycles. The summed E-state index contributed by atoms with van der Waals surface area (Å²) >= 11 is 0. The van der Waals surface area contributed by atoms with Gasteiger partial charge >= 0.3 is 0 Å². The van der Waals surface area contributed by atoms with E-state index in [1.807, 2.05) is 6.07 Å². The van der Waals surface area contributed by atoms with Crippen molar-refractivity contribution in [3.8, 4) is 5.75 Å². The van der Waals surface area contributed by atoms with E-state index in [9.17, 15) is 5.11 Å². The van der Waals surface area contributed by atoms with Crippen LogP contribution in [0.2, 0.25) is 0 Å². The predicted octanol–water partition coefficient (Wildman–Crippen LogP) is 3.02. The Kier molecular flexibility index (Phi) is 10.2. The van der Waals surface area contributed by atoms with Crippen molar-refractivity contribution in [3.63, 3.8) is 0 Å². The number of guanidine groups is 1. The molecule has 0 amide bonds. The summed E-state index contributed by atoms with van der Waals surface area (Å²) in [6.07, 6.45) is 4.46. The average molecular weight is 461 g/mol. The Balaban J connectivity index is 0.00000312. The number of nitrogens with one attached hydrogen (secondary N) is 2. The number of aliphatic hydroxyl groups excluding tert-OH is 1. The molecule has 3 N–H and O–H groups in total. The Labute approximate surface area is 168 Å². The maximum atomic E-state index is 9.62. The van der Waals surface area contributed by atoms with E-state index in [1.165, 1.54) is 11.1 Å². The summed E-state index contributed by atoms with van der Waals surface area (Å²) in [4.78, 5) is 4.70. The quantitative estimate of drug-likeness (QED) is 0.346. The Morgan fingerprint density at radius 3 is 2.64 bits per heavy atom. The molecule has 6 heteroatoms. The summed E-state index contributed by atoms with van der Waals surface area (Å²) in [6, 6.07) is 6.65. The number of nitrogens with zero attached hydrogens (tertiary/aromatic N) is 1. The van der Waals surface area contributed by atoms with Crippen LogP contribution >= 0.6 is 24.0 Å². The third-order valence-corrected chi connectivity index (χ3v) is 4.47. The zero-order valence-electron chi connectivity index (χ0n) is 15.5. The van der Waals surface area contributed by atoms with E-state index in [4.69, 9.17) is 9.73 Å². The molecular formula is C19H32IN3O2. The van der Waals surface area contributed by atoms with Crippen LogP contribution in [0.25, 0.3) is 0 Å². The molecule has 0 heterocycles. The maximum Gasteiger partial charge on any atom is 0.191 e. The maximum absolute atomic E-state index is 9.62. The fourth-order valence-corrected chi connectivity index (χ4v) is 3.12. The number of benzene rings is 1. The second kappa shape index (κ2) is 11.6. The van der Waals surface area contributed by atoms with Gasteiger partial charge in [-0.3, -0.25) is 4.99 Å². The number of rotatable bonds is 6. The molecule has 1 aliphatic rings. The van der Waals surface area contributed by atoms with Gasteiger partial charge in [0.15, 0.2) is 5.96 Å². The van der Waals surface area contributed by atoms with Crippen LogP contribution in [0.1, 0.15) is 43.7 Å². The van der Waals surface area contributed by atoms with Gasteiger partial charge in [0.2, 0.25) is 0 Å². The summed E-state index contributed by atoms with van der Waals surface area (Å²) in [5.41, 5.74) is 2.43. The van der Waals surface area contributed by atoms with Gasteiger partial charge in [0, 0.05) is 19.1 Å². The van der Waals surface area contributed by atoms with Gasteiger partial charge in [-0.1, -0.05) is 17.7 Å². The topological polar surface area (TPSA) is 65.9 Å². The van der Waals surface area contributed by atoms with Crippen LogP contribution in [-0.4, -0.2) is 43.4 Å². The summed E-state index contributed by atoms with van der Waals surface area (Å²) in [5, 5.41) is 16.4. The molecule has 2 rings (SSSR count). The van der Waals surface area contributed by atoms with Crippen LogP contribution in [0.4, 0.5) is 0 Å². The number of aryl methyl sites for hydroxylation is 1. The first-order valence-corrected chi connectivity index (χ1v) is 8.98. The molecule has 1 aromatic carbocycles. The highest BCUT2D eigenvalue weighted by atomic mass is 127. The van der Waals surface area contributed by atoms with Crippen LogP contribution in [0.5, 0.6) is 5.75 Å². The Hall–Kier alpha value is -1.02. The van der Waals surface area contributed by atoms with Gasteiger partial charge in [-0.05, 0) is 57.6 Å². The normalized spacial score (nSPS) is 20.6. The first kappa shape index (κ1) is 22.0. The largest absolute Gasteiger partial charge is 0.496 e. The molecule has 0 aromatic heterocycles. The molecule has 1 aliphatic carbocycles. The summed E-state index contributed by atoms with van der Waals surface area (Å²) < 4.78 is 5.43. The SMILES string of the molecule is CCNC(=NCCc1cc(C)ccc1OC)NC1CCC(O)CC1.I. The first-order chi connectivity index (χ1) is 11.6. The Morgan fingerprint density at radius 2 is 2.00 bits per heavy atom. The molecule has 0 radical (unpaired) electrons. The third-order valence-electron chi connectivity index (χ3n) is 4.47. The molecule has 0 atom stereocenters. The number of hydrogen-bond donors (Lipinski definition) is 3. The molecule has 25 heavy (non-hydrogen) atoms. The van der Waals surface area contributed by atoms with E-state index in [2.05, 4.69) is 36.6 Å². The van der Waals surface area contributed by atoms with Gasteiger partial charge in [-0.2, -0.15) is 0 Å².